The maximum absolute atomic E-state index is 12.3. The highest BCUT2D eigenvalue weighted by atomic mass is 32.2. The maximum Gasteiger partial charge on any atom is 0.317 e. The lowest BCUT2D eigenvalue weighted by Crippen LogP contribution is -2.34. The SMILES string of the molecule is NS(=O)(=O)c1ccc(C(=O)NCCOCCOCCNC(=O)c2ccc(CN(CC(=O)O)CC(=O)O)cc2)cc1. The van der Waals surface area contributed by atoms with Crippen molar-refractivity contribution < 1.29 is 47.3 Å². The van der Waals surface area contributed by atoms with Crippen LogP contribution in [0.25, 0.3) is 0 Å². The minimum atomic E-state index is -3.82. The number of ether oxygens (including phenoxy) is 2. The maximum atomic E-state index is 12.3. The number of rotatable bonds is 18. The number of carbonyl (C=O) groups excluding carboxylic acids is 2. The first-order valence-electron chi connectivity index (χ1n) is 12.1. The zero-order chi connectivity index (χ0) is 29.5. The second-order valence-corrected chi connectivity index (χ2v) is 10.00. The molecule has 0 aliphatic heterocycles. The molecular weight excluding hydrogens is 548 g/mol. The fourth-order valence-electron chi connectivity index (χ4n) is 3.37. The molecule has 0 saturated carbocycles. The topological polar surface area (TPSA) is 215 Å². The summed E-state index contributed by atoms with van der Waals surface area (Å²) in [6.45, 7) is 0.801. The van der Waals surface area contributed by atoms with E-state index in [2.05, 4.69) is 10.6 Å². The van der Waals surface area contributed by atoms with Crippen LogP contribution in [-0.4, -0.2) is 99.9 Å². The molecule has 0 bridgehead atoms. The molecule has 0 aromatic heterocycles. The third kappa shape index (κ3) is 12.3. The van der Waals surface area contributed by atoms with Gasteiger partial charge < -0.3 is 30.3 Å². The minimum absolute atomic E-state index is 0.0835. The first kappa shape index (κ1) is 32.3. The average molecular weight is 581 g/mol. The quantitative estimate of drug-likeness (QED) is 0.142. The Morgan fingerprint density at radius 1 is 0.725 bits per heavy atom. The number of hydrogen-bond acceptors (Lipinski definition) is 9. The molecule has 14 nitrogen and oxygen atoms in total. The molecule has 218 valence electrons. The van der Waals surface area contributed by atoms with E-state index >= 15 is 0 Å². The predicted octanol–water partition coefficient (Wildman–Crippen LogP) is -0.502. The third-order valence-corrected chi connectivity index (χ3v) is 6.15. The van der Waals surface area contributed by atoms with E-state index in [0.29, 0.717) is 11.1 Å². The number of nitrogens with one attached hydrogen (secondary N) is 2. The summed E-state index contributed by atoms with van der Waals surface area (Å²) in [6.07, 6.45) is 0. The van der Waals surface area contributed by atoms with Gasteiger partial charge in [-0.3, -0.25) is 24.1 Å². The number of carboxylic acids is 2. The van der Waals surface area contributed by atoms with Crippen LogP contribution in [0.2, 0.25) is 0 Å². The number of nitrogens with zero attached hydrogens (tertiary/aromatic N) is 1. The van der Waals surface area contributed by atoms with Gasteiger partial charge in [0.1, 0.15) is 0 Å². The molecule has 0 unspecified atom stereocenters. The molecule has 0 spiro atoms. The number of nitrogens with two attached hydrogens (primary N) is 1. The Kier molecular flexibility index (Phi) is 13.1. The molecule has 0 saturated heterocycles. The first-order valence-corrected chi connectivity index (χ1v) is 13.6. The van der Waals surface area contributed by atoms with E-state index in [1.165, 1.54) is 29.2 Å². The van der Waals surface area contributed by atoms with Crippen LogP contribution in [0.1, 0.15) is 26.3 Å². The van der Waals surface area contributed by atoms with Crippen LogP contribution in [-0.2, 0) is 35.6 Å². The summed E-state index contributed by atoms with van der Waals surface area (Å²) in [5, 5.41) is 28.2. The number of aliphatic carboxylic acids is 2. The van der Waals surface area contributed by atoms with Crippen LogP contribution in [0.15, 0.2) is 53.4 Å². The largest absolute Gasteiger partial charge is 0.480 e. The zero-order valence-corrected chi connectivity index (χ0v) is 22.4. The second kappa shape index (κ2) is 16.3. The Morgan fingerprint density at radius 2 is 1.15 bits per heavy atom. The van der Waals surface area contributed by atoms with E-state index < -0.39 is 35.1 Å². The molecular formula is C25H32N4O10S. The van der Waals surface area contributed by atoms with E-state index in [0.717, 1.165) is 0 Å². The van der Waals surface area contributed by atoms with E-state index in [4.69, 9.17) is 24.8 Å². The Labute approximate surface area is 231 Å². The lowest BCUT2D eigenvalue weighted by molar-refractivity contribution is -0.142. The first-order chi connectivity index (χ1) is 19.0. The van der Waals surface area contributed by atoms with Gasteiger partial charge in [-0.1, -0.05) is 12.1 Å². The van der Waals surface area contributed by atoms with Gasteiger partial charge in [0.15, 0.2) is 0 Å². The van der Waals surface area contributed by atoms with Crippen molar-refractivity contribution >= 4 is 33.8 Å². The molecule has 2 aromatic rings. The summed E-state index contributed by atoms with van der Waals surface area (Å²) in [5.74, 6) is -2.98. The van der Waals surface area contributed by atoms with Gasteiger partial charge in [0, 0.05) is 30.8 Å². The number of benzene rings is 2. The molecule has 0 fully saturated rings. The lowest BCUT2D eigenvalue weighted by atomic mass is 10.1. The average Bonchev–Trinajstić information content (AvgIpc) is 2.88. The Morgan fingerprint density at radius 3 is 1.55 bits per heavy atom. The molecule has 6 N–H and O–H groups in total. The van der Waals surface area contributed by atoms with Crippen LogP contribution in [0.4, 0.5) is 0 Å². The minimum Gasteiger partial charge on any atom is -0.480 e. The van der Waals surface area contributed by atoms with E-state index in [-0.39, 0.29) is 68.3 Å². The van der Waals surface area contributed by atoms with Crippen LogP contribution >= 0.6 is 0 Å². The molecule has 0 radical (unpaired) electrons. The summed E-state index contributed by atoms with van der Waals surface area (Å²) < 4.78 is 33.3. The highest BCUT2D eigenvalue weighted by Crippen LogP contribution is 2.09. The van der Waals surface area contributed by atoms with Crippen molar-refractivity contribution in [3.05, 3.63) is 65.2 Å². The number of sulfonamides is 1. The van der Waals surface area contributed by atoms with Gasteiger partial charge >= 0.3 is 11.9 Å². The molecule has 0 atom stereocenters. The van der Waals surface area contributed by atoms with Crippen LogP contribution < -0.4 is 15.8 Å². The van der Waals surface area contributed by atoms with Crippen molar-refractivity contribution in [3.8, 4) is 0 Å². The number of carboxylic acid groups (broad SMARTS) is 2. The summed E-state index contributed by atoms with van der Waals surface area (Å²) in [7, 11) is -3.82. The number of amides is 2. The lowest BCUT2D eigenvalue weighted by Gasteiger charge is -2.18. The number of primary sulfonamides is 1. The third-order valence-electron chi connectivity index (χ3n) is 5.22. The summed E-state index contributed by atoms with van der Waals surface area (Å²) >= 11 is 0. The van der Waals surface area contributed by atoms with Gasteiger partial charge in [0.2, 0.25) is 10.0 Å². The Bertz CT molecular complexity index is 1240. The fourth-order valence-corrected chi connectivity index (χ4v) is 3.88. The molecule has 2 amide bonds. The van der Waals surface area contributed by atoms with Gasteiger partial charge in [-0.15, -0.1) is 0 Å². The number of carbonyl (C=O) groups is 4. The van der Waals surface area contributed by atoms with Crippen LogP contribution in [0, 0.1) is 0 Å². The van der Waals surface area contributed by atoms with E-state index in [9.17, 15) is 27.6 Å². The normalized spacial score (nSPS) is 11.2. The molecule has 15 heteroatoms. The second-order valence-electron chi connectivity index (χ2n) is 8.44. The van der Waals surface area contributed by atoms with Gasteiger partial charge in [-0.25, -0.2) is 13.6 Å². The zero-order valence-electron chi connectivity index (χ0n) is 21.6. The predicted molar refractivity (Wildman–Crippen MR) is 141 cm³/mol. The van der Waals surface area contributed by atoms with Crippen molar-refractivity contribution in [2.75, 3.05) is 52.6 Å². The van der Waals surface area contributed by atoms with Crippen molar-refractivity contribution in [1.29, 1.82) is 0 Å². The van der Waals surface area contributed by atoms with Gasteiger partial charge in [0.25, 0.3) is 11.8 Å². The van der Waals surface area contributed by atoms with Gasteiger partial charge in [-0.2, -0.15) is 0 Å². The van der Waals surface area contributed by atoms with E-state index in [1.807, 2.05) is 0 Å². The monoisotopic (exact) mass is 580 g/mol. The molecule has 0 aliphatic rings. The fraction of sp³-hybridized carbons (Fsp3) is 0.360. The van der Waals surface area contributed by atoms with Crippen molar-refractivity contribution in [1.82, 2.24) is 15.5 Å². The Balaban J connectivity index is 1.56. The van der Waals surface area contributed by atoms with Crippen molar-refractivity contribution in [3.63, 3.8) is 0 Å². The molecule has 0 aliphatic carbocycles. The molecule has 2 rings (SSSR count). The highest BCUT2D eigenvalue weighted by molar-refractivity contribution is 7.89. The van der Waals surface area contributed by atoms with Crippen LogP contribution in [0.5, 0.6) is 0 Å². The summed E-state index contributed by atoms with van der Waals surface area (Å²) in [6, 6.07) is 11.6. The smallest absolute Gasteiger partial charge is 0.317 e. The van der Waals surface area contributed by atoms with E-state index in [1.54, 1.807) is 24.3 Å². The Hall–Kier alpha value is -3.89. The molecule has 40 heavy (non-hydrogen) atoms. The molecule has 2 aromatic carbocycles. The van der Waals surface area contributed by atoms with Crippen molar-refractivity contribution in [2.45, 2.75) is 11.4 Å². The van der Waals surface area contributed by atoms with Crippen LogP contribution in [0.3, 0.4) is 0 Å². The summed E-state index contributed by atoms with van der Waals surface area (Å²) in [4.78, 5) is 47.3. The highest BCUT2D eigenvalue weighted by Gasteiger charge is 2.14. The molecule has 0 heterocycles. The standard InChI is InChI=1S/C25H32N4O10S/c26-40(36,37)21-7-5-20(6-8-21)25(35)28-10-12-39-14-13-38-11-9-27-24(34)19-3-1-18(2-4-19)15-29(16-22(30)31)17-23(32)33/h1-8H,9-17H2,(H,27,34)(H,28,35)(H,30,31)(H,32,33)(H2,26,36,37). The number of hydrogen-bond donors (Lipinski definition) is 5. The van der Waals surface area contributed by atoms with Gasteiger partial charge in [0.05, 0.1) is 44.4 Å². The van der Waals surface area contributed by atoms with Crippen molar-refractivity contribution in [2.24, 2.45) is 5.14 Å². The van der Waals surface area contributed by atoms with Gasteiger partial charge in [-0.05, 0) is 42.0 Å². The summed E-state index contributed by atoms with van der Waals surface area (Å²) in [5.41, 5.74) is 1.34.